The van der Waals surface area contributed by atoms with E-state index in [-0.39, 0.29) is 74.7 Å². The molecule has 11 rings (SSSR count). The molecule has 1 aliphatic rings. The van der Waals surface area contributed by atoms with Crippen molar-refractivity contribution in [2.75, 3.05) is 50.3 Å². The summed E-state index contributed by atoms with van der Waals surface area (Å²) in [7, 11) is -3.55. The van der Waals surface area contributed by atoms with E-state index < -0.39 is 32.5 Å². The maximum absolute atomic E-state index is 13.8. The third kappa shape index (κ3) is 14.5. The Labute approximate surface area is 586 Å². The Morgan fingerprint density at radius 1 is 0.417 bits per heavy atom. The number of aromatic nitrogens is 2. The highest BCUT2D eigenvalue weighted by Crippen LogP contribution is 2.52. The van der Waals surface area contributed by atoms with Gasteiger partial charge in [0.05, 0.1) is 91.4 Å². The van der Waals surface area contributed by atoms with Crippen molar-refractivity contribution in [2.24, 2.45) is 0 Å². The average molecular weight is 1440 g/mol. The van der Waals surface area contributed by atoms with Crippen LogP contribution in [0.2, 0.25) is 6.04 Å². The van der Waals surface area contributed by atoms with E-state index in [4.69, 9.17) is 37.2 Å². The third-order valence-electron chi connectivity index (χ3n) is 15.9. The molecule has 7 aromatic heterocycles. The molecule has 0 aliphatic carbocycles. The van der Waals surface area contributed by atoms with Gasteiger partial charge >= 0.3 is 36.2 Å². The summed E-state index contributed by atoms with van der Waals surface area (Å²) >= 11 is 10.4. The van der Waals surface area contributed by atoms with E-state index in [0.29, 0.717) is 29.0 Å². The molecule has 96 heavy (non-hydrogen) atoms. The number of fused-ring (bicyclic) bond motifs is 4. The second-order valence-electron chi connectivity index (χ2n) is 24.5. The summed E-state index contributed by atoms with van der Waals surface area (Å²) in [6.45, 7) is 24.6. The quantitative estimate of drug-likeness (QED) is 0.0327. The van der Waals surface area contributed by atoms with Crippen LogP contribution in [0, 0.1) is 0 Å². The van der Waals surface area contributed by atoms with Crippen molar-refractivity contribution in [3.05, 3.63) is 119 Å². The largest absolute Gasteiger partial charge is 0.466 e. The number of benzene rings is 3. The monoisotopic (exact) mass is 1440 g/mol. The van der Waals surface area contributed by atoms with Crippen molar-refractivity contribution in [2.45, 2.75) is 113 Å². The summed E-state index contributed by atoms with van der Waals surface area (Å²) in [5.41, 5.74) is 9.02. The van der Waals surface area contributed by atoms with Crippen LogP contribution in [0.15, 0.2) is 97.1 Å². The molecule has 17 nitrogen and oxygen atoms in total. The van der Waals surface area contributed by atoms with Crippen molar-refractivity contribution < 1.29 is 57.2 Å². The Balaban J connectivity index is 0.967. The number of carbonyl (C=O) groups is 6. The minimum Gasteiger partial charge on any atom is -0.466 e. The minimum atomic E-state index is -3.55. The van der Waals surface area contributed by atoms with Crippen molar-refractivity contribution >= 4 is 157 Å². The van der Waals surface area contributed by atoms with Crippen molar-refractivity contribution in [1.29, 1.82) is 0 Å². The fourth-order valence-electron chi connectivity index (χ4n) is 11.5. The Morgan fingerprint density at radius 2 is 0.854 bits per heavy atom. The molecule has 3 amide bonds. The fraction of sp³-hybridized carbons (Fsp3) is 0.324. The fourth-order valence-corrected chi connectivity index (χ4v) is 23.5. The number of hydrogen-bond donors (Lipinski definition) is 3. The summed E-state index contributed by atoms with van der Waals surface area (Å²) in [5, 5.41) is 7.73. The molecule has 0 bridgehead atoms. The predicted molar refractivity (Wildman–Crippen MR) is 394 cm³/mol. The first-order valence-corrected chi connectivity index (χ1v) is 39.4. The first-order chi connectivity index (χ1) is 46.0. The van der Waals surface area contributed by atoms with Gasteiger partial charge in [-0.05, 0) is 145 Å². The van der Waals surface area contributed by atoms with Gasteiger partial charge in [0.25, 0.3) is 0 Å². The molecule has 3 aromatic carbocycles. The lowest BCUT2D eigenvalue weighted by Gasteiger charge is -2.30. The first kappa shape index (κ1) is 69.5. The molecule has 1 unspecified atom stereocenters. The number of hydrogen-bond acceptors (Lipinski definition) is 21. The summed E-state index contributed by atoms with van der Waals surface area (Å²) < 4.78 is 42.7. The second-order valence-corrected chi connectivity index (χ2v) is 34.9. The lowest BCUT2D eigenvalue weighted by atomic mass is 9.86. The van der Waals surface area contributed by atoms with E-state index in [0.717, 1.165) is 125 Å². The van der Waals surface area contributed by atoms with Crippen LogP contribution in [0.3, 0.4) is 0 Å². The van der Waals surface area contributed by atoms with E-state index in [1.54, 1.807) is 64.2 Å². The van der Waals surface area contributed by atoms with Gasteiger partial charge in [0.2, 0.25) is 8.24 Å². The van der Waals surface area contributed by atoms with Gasteiger partial charge in [-0.15, -0.1) is 68.0 Å². The zero-order valence-electron chi connectivity index (χ0n) is 55.3. The number of anilines is 2. The standard InChI is InChI=1S/C71H73N5O12S7Si/c1-13-83-58(77)32-39-29-53(44-23-24-45(62-61(44)74-95-75-62)54-36-47(73-68(81)87-17-5)66(93-54)51-28-26-49(90-51)64-40(33-59(78)84-14-2)31-57(94-64)71(10,11)12)92-63(39)48-25-27-50(89-48)65-46(72-67(80)86-16-4)35-52(91-65)38-19-21-42-43-22-20-41(70(7,8)9)34-56(43)96(55(42)30-38,37-60(79)85-15-3)76-69(82)88-18-6/h19-31,34-36H,13-18,32-33,37H2,1-12H3,(H,72,80)(H,73,81)(H,76,82). The lowest BCUT2D eigenvalue weighted by molar-refractivity contribution is -0.143. The van der Waals surface area contributed by atoms with Gasteiger partial charge in [-0.1, -0.05) is 90.1 Å². The first-order valence-electron chi connectivity index (χ1n) is 31.6. The predicted octanol–water partition coefficient (Wildman–Crippen LogP) is 18.0. The molecule has 25 heteroatoms. The van der Waals surface area contributed by atoms with Crippen LogP contribution < -0.4 is 26.0 Å². The van der Waals surface area contributed by atoms with Crippen LogP contribution >= 0.6 is 79.7 Å². The SMILES string of the molecule is CCOC(=O)Cc1cc(-c2ccc(-c3cc(NC(=O)OCC)c(-c4ccc(-c5sc(C(C)(C)C)cc5CC(=O)OCC)s4)s3)c3nsnc23)sc1-c1ccc(-c2sc(-c3ccc4c(c3)[Si](CC(=O)OCC)(NC(=O)OCC)c3cc(C(C)(C)C)ccc3-4)cc2NC(=O)OCC)s1. The van der Waals surface area contributed by atoms with E-state index in [1.807, 2.05) is 60.7 Å². The van der Waals surface area contributed by atoms with Crippen LogP contribution in [0.5, 0.6) is 0 Å². The molecule has 0 spiro atoms. The molecule has 0 fully saturated rings. The van der Waals surface area contributed by atoms with Crippen LogP contribution in [0.1, 0.15) is 105 Å². The topological polar surface area (TPSA) is 220 Å². The van der Waals surface area contributed by atoms with Crippen molar-refractivity contribution in [3.8, 4) is 81.5 Å². The van der Waals surface area contributed by atoms with Crippen LogP contribution in [-0.4, -0.2) is 92.8 Å². The number of esters is 3. The van der Waals surface area contributed by atoms with Gasteiger partial charge in [-0.25, -0.2) is 14.4 Å². The highest BCUT2D eigenvalue weighted by molar-refractivity contribution is 7.29. The summed E-state index contributed by atoms with van der Waals surface area (Å²) in [5.74, 6) is -1.09. The van der Waals surface area contributed by atoms with Crippen molar-refractivity contribution in [3.63, 3.8) is 0 Å². The molecule has 0 radical (unpaired) electrons. The van der Waals surface area contributed by atoms with E-state index in [2.05, 4.69) is 93.6 Å². The van der Waals surface area contributed by atoms with Gasteiger partial charge in [0, 0.05) is 59.9 Å². The Morgan fingerprint density at radius 3 is 1.39 bits per heavy atom. The number of amides is 3. The molecule has 1 atom stereocenters. The smallest absolute Gasteiger partial charge is 0.411 e. The normalized spacial score (nSPS) is 13.5. The molecule has 500 valence electrons. The highest BCUT2D eigenvalue weighted by Gasteiger charge is 2.51. The number of nitrogens with one attached hydrogen (secondary N) is 3. The zero-order valence-corrected chi connectivity index (χ0v) is 62.0. The Hall–Kier alpha value is -7.88. The van der Waals surface area contributed by atoms with Crippen LogP contribution in [0.25, 0.3) is 92.5 Å². The number of nitrogens with zero attached hydrogens (tertiary/aromatic N) is 2. The van der Waals surface area contributed by atoms with Gasteiger partial charge in [0.15, 0.2) is 0 Å². The van der Waals surface area contributed by atoms with Crippen LogP contribution in [-0.2, 0) is 66.5 Å². The summed E-state index contributed by atoms with van der Waals surface area (Å²) in [6, 6.07) is 32.6. The van der Waals surface area contributed by atoms with Crippen molar-refractivity contribution in [1.82, 2.24) is 13.7 Å². The van der Waals surface area contributed by atoms with E-state index >= 15 is 0 Å². The molecule has 10 aromatic rings. The van der Waals surface area contributed by atoms with E-state index in [1.165, 1.54) is 45.3 Å². The molecule has 0 saturated heterocycles. The Bertz CT molecular complexity index is 4590. The molecular weight excluding hydrogens is 1370 g/mol. The molecule has 3 N–H and O–H groups in total. The lowest BCUT2D eigenvalue weighted by Crippen LogP contribution is -2.69. The summed E-state index contributed by atoms with van der Waals surface area (Å²) in [6.07, 6.45) is -1.67. The molecular formula is C71H73N5O12S7Si. The number of carbonyl (C=O) groups excluding carboxylic acids is 6. The van der Waals surface area contributed by atoms with Gasteiger partial charge in [-0.2, -0.15) is 8.75 Å². The van der Waals surface area contributed by atoms with Gasteiger partial charge in [-0.3, -0.25) is 25.0 Å². The maximum atomic E-state index is 13.8. The third-order valence-corrected chi connectivity index (χ3v) is 28.6. The van der Waals surface area contributed by atoms with Gasteiger partial charge < -0.3 is 33.4 Å². The number of rotatable bonds is 22. The van der Waals surface area contributed by atoms with Gasteiger partial charge in [0.1, 0.15) is 11.0 Å². The minimum absolute atomic E-state index is 0.00354. The maximum Gasteiger partial charge on any atom is 0.411 e. The molecule has 0 saturated carbocycles. The Kier molecular flexibility index (Phi) is 21.0. The highest BCUT2D eigenvalue weighted by atomic mass is 32.1. The zero-order chi connectivity index (χ0) is 68.4. The molecule has 8 heterocycles. The van der Waals surface area contributed by atoms with E-state index in [9.17, 15) is 28.8 Å². The number of thiophene rings is 6. The average Bonchev–Trinajstić information content (AvgIpc) is 1.55. The number of ether oxygens (including phenoxy) is 6. The second kappa shape index (κ2) is 29.1. The summed E-state index contributed by atoms with van der Waals surface area (Å²) in [4.78, 5) is 94.6. The van der Waals surface area contributed by atoms with Crippen LogP contribution in [0.4, 0.5) is 25.8 Å². The molecule has 1 aliphatic heterocycles.